The number of carbonyl (C=O) groups is 2. The number of piperidine rings is 1. The molecular formula is C22H29ClN4O2. The van der Waals surface area contributed by atoms with Crippen molar-refractivity contribution in [2.45, 2.75) is 53.0 Å². The van der Waals surface area contributed by atoms with Gasteiger partial charge in [0.25, 0.3) is 0 Å². The van der Waals surface area contributed by atoms with Crippen LogP contribution < -0.4 is 5.32 Å². The summed E-state index contributed by atoms with van der Waals surface area (Å²) in [5.74, 6) is 0.0701. The van der Waals surface area contributed by atoms with Crippen LogP contribution in [-0.4, -0.2) is 45.6 Å². The molecule has 1 aromatic carbocycles. The van der Waals surface area contributed by atoms with E-state index in [0.29, 0.717) is 18.0 Å². The zero-order chi connectivity index (χ0) is 21.1. The number of carbonyl (C=O) groups excluding carboxylic acids is 2. The number of amides is 2. The van der Waals surface area contributed by atoms with Crippen molar-refractivity contribution in [3.63, 3.8) is 0 Å². The third-order valence-corrected chi connectivity index (χ3v) is 5.74. The van der Waals surface area contributed by atoms with Crippen LogP contribution in [0.4, 0.5) is 0 Å². The fraction of sp³-hybridized carbons (Fsp3) is 0.500. The van der Waals surface area contributed by atoms with Crippen LogP contribution in [0.3, 0.4) is 0 Å². The van der Waals surface area contributed by atoms with Gasteiger partial charge in [-0.05, 0) is 51.0 Å². The van der Waals surface area contributed by atoms with Crippen LogP contribution in [0.1, 0.15) is 43.6 Å². The molecule has 0 radical (unpaired) electrons. The molecule has 0 saturated carbocycles. The highest BCUT2D eigenvalue weighted by Crippen LogP contribution is 2.21. The topological polar surface area (TPSA) is 67.2 Å². The molecule has 3 rings (SSSR count). The van der Waals surface area contributed by atoms with E-state index < -0.39 is 0 Å². The minimum atomic E-state index is -0.0508. The van der Waals surface area contributed by atoms with Gasteiger partial charge in [0, 0.05) is 41.3 Å². The first kappa shape index (κ1) is 21.4. The molecule has 1 aliphatic rings. The molecule has 1 saturated heterocycles. The second-order valence-electron chi connectivity index (χ2n) is 8.06. The van der Waals surface area contributed by atoms with Gasteiger partial charge in [-0.15, -0.1) is 0 Å². The molecule has 0 aliphatic carbocycles. The van der Waals surface area contributed by atoms with Crippen molar-refractivity contribution in [3.05, 3.63) is 46.2 Å². The summed E-state index contributed by atoms with van der Waals surface area (Å²) in [6.45, 7) is 8.98. The fourth-order valence-electron chi connectivity index (χ4n) is 3.72. The largest absolute Gasteiger partial charge is 0.351 e. The maximum absolute atomic E-state index is 13.0. The highest BCUT2D eigenvalue weighted by Gasteiger charge is 2.26. The van der Waals surface area contributed by atoms with Crippen molar-refractivity contribution in [2.75, 3.05) is 13.1 Å². The molecule has 7 heteroatoms. The van der Waals surface area contributed by atoms with Crippen molar-refractivity contribution < 1.29 is 9.59 Å². The number of likely N-dealkylation sites (tertiary alicyclic amines) is 1. The van der Waals surface area contributed by atoms with Crippen molar-refractivity contribution in [1.29, 1.82) is 0 Å². The van der Waals surface area contributed by atoms with Gasteiger partial charge in [-0.3, -0.25) is 9.59 Å². The molecule has 1 aliphatic heterocycles. The molecule has 0 spiro atoms. The minimum Gasteiger partial charge on any atom is -0.351 e. The van der Waals surface area contributed by atoms with E-state index in [4.69, 9.17) is 11.6 Å². The normalized spacial score (nSPS) is 16.9. The number of aryl methyl sites for hydroxylation is 1. The third kappa shape index (κ3) is 4.99. The summed E-state index contributed by atoms with van der Waals surface area (Å²) in [6.07, 6.45) is 2.13. The van der Waals surface area contributed by atoms with E-state index in [-0.39, 0.29) is 23.8 Å². The fourth-order valence-corrected chi connectivity index (χ4v) is 3.84. The molecule has 1 aromatic heterocycles. The maximum atomic E-state index is 13.0. The van der Waals surface area contributed by atoms with Crippen LogP contribution >= 0.6 is 11.6 Å². The van der Waals surface area contributed by atoms with Gasteiger partial charge >= 0.3 is 0 Å². The Kier molecular flexibility index (Phi) is 6.63. The second kappa shape index (κ2) is 8.99. The summed E-state index contributed by atoms with van der Waals surface area (Å²) < 4.78 is 1.86. The number of hydrogen-bond donors (Lipinski definition) is 1. The van der Waals surface area contributed by atoms with Crippen molar-refractivity contribution in [3.8, 4) is 5.69 Å². The number of benzene rings is 1. The van der Waals surface area contributed by atoms with E-state index >= 15 is 0 Å². The van der Waals surface area contributed by atoms with Crippen LogP contribution in [0.2, 0.25) is 5.02 Å². The number of hydrogen-bond acceptors (Lipinski definition) is 3. The van der Waals surface area contributed by atoms with Gasteiger partial charge in [-0.1, -0.05) is 25.4 Å². The van der Waals surface area contributed by atoms with Gasteiger partial charge in [-0.2, -0.15) is 5.10 Å². The van der Waals surface area contributed by atoms with Gasteiger partial charge in [-0.25, -0.2) is 4.68 Å². The van der Waals surface area contributed by atoms with Crippen LogP contribution in [0.25, 0.3) is 5.69 Å². The number of rotatable bonds is 5. The predicted octanol–water partition coefficient (Wildman–Crippen LogP) is 3.45. The number of aromatic nitrogens is 2. The Morgan fingerprint density at radius 1 is 1.24 bits per heavy atom. The lowest BCUT2D eigenvalue weighted by Crippen LogP contribution is -2.50. The quantitative estimate of drug-likeness (QED) is 0.811. The second-order valence-corrected chi connectivity index (χ2v) is 8.49. The Balaban J connectivity index is 1.70. The smallest absolute Gasteiger partial charge is 0.227 e. The third-order valence-electron chi connectivity index (χ3n) is 5.49. The monoisotopic (exact) mass is 416 g/mol. The Labute approximate surface area is 177 Å². The van der Waals surface area contributed by atoms with E-state index in [1.54, 1.807) is 0 Å². The average molecular weight is 417 g/mol. The zero-order valence-electron chi connectivity index (χ0n) is 17.5. The van der Waals surface area contributed by atoms with Gasteiger partial charge < -0.3 is 10.2 Å². The molecule has 2 amide bonds. The number of nitrogens with one attached hydrogen (secondary N) is 1. The summed E-state index contributed by atoms with van der Waals surface area (Å²) in [4.78, 5) is 26.8. The van der Waals surface area contributed by atoms with E-state index in [1.165, 1.54) is 0 Å². The average Bonchev–Trinajstić information content (AvgIpc) is 2.97. The molecule has 1 fully saturated rings. The molecule has 156 valence electrons. The van der Waals surface area contributed by atoms with Gasteiger partial charge in [0.15, 0.2) is 0 Å². The molecular weight excluding hydrogens is 388 g/mol. The summed E-state index contributed by atoms with van der Waals surface area (Å²) in [6, 6.07) is 7.52. The highest BCUT2D eigenvalue weighted by atomic mass is 35.5. The first-order valence-corrected chi connectivity index (χ1v) is 10.5. The first-order chi connectivity index (χ1) is 13.8. The Morgan fingerprint density at radius 3 is 2.59 bits per heavy atom. The lowest BCUT2D eigenvalue weighted by atomic mass is 10.0. The summed E-state index contributed by atoms with van der Waals surface area (Å²) in [5, 5.41) is 8.36. The van der Waals surface area contributed by atoms with Gasteiger partial charge in [0.2, 0.25) is 11.8 Å². The standard InChI is InChI=1S/C22H29ClN4O2/c1-14(2)22(29)24-18-6-5-11-26(13-18)21(28)12-20-15(3)25-27(16(20)4)19-9-7-17(23)8-10-19/h7-10,14,18H,5-6,11-13H2,1-4H3,(H,24,29). The molecule has 1 unspecified atom stereocenters. The molecule has 2 aromatic rings. The van der Waals surface area contributed by atoms with Crippen molar-refractivity contribution >= 4 is 23.4 Å². The SMILES string of the molecule is Cc1nn(-c2ccc(Cl)cc2)c(C)c1CC(=O)N1CCCC(NC(=O)C(C)C)C1. The molecule has 6 nitrogen and oxygen atoms in total. The van der Waals surface area contributed by atoms with E-state index in [0.717, 1.165) is 42.0 Å². The molecule has 0 bridgehead atoms. The zero-order valence-corrected chi connectivity index (χ0v) is 18.3. The van der Waals surface area contributed by atoms with Crippen molar-refractivity contribution in [2.24, 2.45) is 5.92 Å². The first-order valence-electron chi connectivity index (χ1n) is 10.2. The minimum absolute atomic E-state index is 0.0292. The van der Waals surface area contributed by atoms with Crippen LogP contribution in [0.15, 0.2) is 24.3 Å². The van der Waals surface area contributed by atoms with E-state index in [2.05, 4.69) is 10.4 Å². The predicted molar refractivity (Wildman–Crippen MR) is 114 cm³/mol. The molecule has 1 atom stereocenters. The number of halogens is 1. The summed E-state index contributed by atoms with van der Waals surface area (Å²) in [7, 11) is 0. The van der Waals surface area contributed by atoms with Gasteiger partial charge in [0.05, 0.1) is 17.8 Å². The lowest BCUT2D eigenvalue weighted by Gasteiger charge is -2.33. The molecule has 1 N–H and O–H groups in total. The van der Waals surface area contributed by atoms with Crippen LogP contribution in [-0.2, 0) is 16.0 Å². The van der Waals surface area contributed by atoms with Crippen molar-refractivity contribution in [1.82, 2.24) is 20.0 Å². The summed E-state index contributed by atoms with van der Waals surface area (Å²) >= 11 is 5.98. The Morgan fingerprint density at radius 2 is 1.93 bits per heavy atom. The van der Waals surface area contributed by atoms with E-state index in [1.807, 2.05) is 61.5 Å². The highest BCUT2D eigenvalue weighted by molar-refractivity contribution is 6.30. The number of nitrogens with zero attached hydrogens (tertiary/aromatic N) is 3. The van der Waals surface area contributed by atoms with Crippen LogP contribution in [0.5, 0.6) is 0 Å². The maximum Gasteiger partial charge on any atom is 0.227 e. The van der Waals surface area contributed by atoms with Gasteiger partial charge in [0.1, 0.15) is 0 Å². The van der Waals surface area contributed by atoms with E-state index in [9.17, 15) is 9.59 Å². The lowest BCUT2D eigenvalue weighted by molar-refractivity contribution is -0.133. The van der Waals surface area contributed by atoms with Crippen LogP contribution in [0, 0.1) is 19.8 Å². The Bertz CT molecular complexity index is 889. The molecule has 2 heterocycles. The Hall–Kier alpha value is -2.34. The molecule has 29 heavy (non-hydrogen) atoms. The summed E-state index contributed by atoms with van der Waals surface area (Å²) in [5.41, 5.74) is 3.69.